The topological polar surface area (TPSA) is 114 Å². The molecule has 1 aliphatic rings. The minimum atomic E-state index is -0.397. The largest absolute Gasteiger partial charge is 0.497 e. The Kier molecular flexibility index (Phi) is 7.25. The van der Waals surface area contributed by atoms with E-state index in [0.29, 0.717) is 25.3 Å². The molecule has 1 unspecified atom stereocenters. The van der Waals surface area contributed by atoms with E-state index in [1.165, 1.54) is 11.9 Å². The Morgan fingerprint density at radius 3 is 2.68 bits per heavy atom. The SMILES string of the molecule is COc1ccc(N2CC(C(=O)NCCn3ncc4c(NCCc5ccccc5)ncnc43)CC2=O)cc1. The Hall–Kier alpha value is -4.47. The maximum absolute atomic E-state index is 12.8. The first kappa shape index (κ1) is 24.2. The Balaban J connectivity index is 1.14. The van der Waals surface area contributed by atoms with Crippen molar-refractivity contribution in [1.29, 1.82) is 0 Å². The van der Waals surface area contributed by atoms with Crippen LogP contribution in [0, 0.1) is 5.92 Å². The van der Waals surface area contributed by atoms with Gasteiger partial charge in [-0.15, -0.1) is 0 Å². The Morgan fingerprint density at radius 2 is 1.89 bits per heavy atom. The van der Waals surface area contributed by atoms with Crippen LogP contribution < -0.4 is 20.3 Å². The minimum absolute atomic E-state index is 0.0626. The number of nitrogens with one attached hydrogen (secondary N) is 2. The van der Waals surface area contributed by atoms with Crippen molar-refractivity contribution >= 4 is 34.4 Å². The zero-order valence-corrected chi connectivity index (χ0v) is 20.6. The van der Waals surface area contributed by atoms with Gasteiger partial charge >= 0.3 is 0 Å². The number of hydrogen-bond acceptors (Lipinski definition) is 7. The van der Waals surface area contributed by atoms with Gasteiger partial charge in [-0.25, -0.2) is 14.6 Å². The van der Waals surface area contributed by atoms with Crippen LogP contribution in [0.25, 0.3) is 11.0 Å². The summed E-state index contributed by atoms with van der Waals surface area (Å²) in [4.78, 5) is 35.7. The third kappa shape index (κ3) is 5.53. The quantitative estimate of drug-likeness (QED) is 0.345. The number of aromatic nitrogens is 4. The lowest BCUT2D eigenvalue weighted by molar-refractivity contribution is -0.126. The molecule has 2 N–H and O–H groups in total. The van der Waals surface area contributed by atoms with E-state index in [9.17, 15) is 9.59 Å². The lowest BCUT2D eigenvalue weighted by Gasteiger charge is -2.17. The van der Waals surface area contributed by atoms with E-state index in [2.05, 4.69) is 37.8 Å². The first-order valence-electron chi connectivity index (χ1n) is 12.3. The number of nitrogens with zero attached hydrogens (tertiary/aromatic N) is 5. The highest BCUT2D eigenvalue weighted by molar-refractivity contribution is 6.00. The molecular formula is C27H29N7O3. The standard InChI is InChI=1S/C27H29N7O3/c1-37-22-9-7-21(8-10-22)33-17-20(15-24(33)35)27(36)29-13-14-34-26-23(16-32-34)25(30-18-31-26)28-12-11-19-5-3-2-4-6-19/h2-10,16,18,20H,11-15,17H2,1H3,(H,29,36)(H,28,30,31). The minimum Gasteiger partial charge on any atom is -0.497 e. The summed E-state index contributed by atoms with van der Waals surface area (Å²) < 4.78 is 6.93. The van der Waals surface area contributed by atoms with Crippen LogP contribution in [0.4, 0.5) is 11.5 Å². The molecule has 5 rings (SSSR count). The molecule has 3 heterocycles. The molecule has 2 amide bonds. The van der Waals surface area contributed by atoms with E-state index in [1.54, 1.807) is 35.0 Å². The van der Waals surface area contributed by atoms with Crippen molar-refractivity contribution in [3.63, 3.8) is 0 Å². The van der Waals surface area contributed by atoms with E-state index >= 15 is 0 Å². The van der Waals surface area contributed by atoms with E-state index in [1.807, 2.05) is 30.3 Å². The molecule has 0 bridgehead atoms. The van der Waals surface area contributed by atoms with Crippen LogP contribution in [0.15, 0.2) is 67.1 Å². The van der Waals surface area contributed by atoms with Gasteiger partial charge in [-0.1, -0.05) is 30.3 Å². The maximum atomic E-state index is 12.8. The molecule has 0 radical (unpaired) electrons. The van der Waals surface area contributed by atoms with Crippen LogP contribution in [0.2, 0.25) is 0 Å². The Labute approximate surface area is 214 Å². The van der Waals surface area contributed by atoms with Crippen LogP contribution in [0.1, 0.15) is 12.0 Å². The summed E-state index contributed by atoms with van der Waals surface area (Å²) in [6.07, 6.45) is 4.33. The van der Waals surface area contributed by atoms with Gasteiger partial charge < -0.3 is 20.3 Å². The van der Waals surface area contributed by atoms with Crippen LogP contribution in [-0.4, -0.2) is 58.3 Å². The second kappa shape index (κ2) is 11.1. The zero-order valence-electron chi connectivity index (χ0n) is 20.6. The highest BCUT2D eigenvalue weighted by atomic mass is 16.5. The number of anilines is 2. The average molecular weight is 500 g/mol. The van der Waals surface area contributed by atoms with Crippen molar-refractivity contribution in [3.05, 3.63) is 72.7 Å². The van der Waals surface area contributed by atoms with Crippen molar-refractivity contribution in [2.45, 2.75) is 19.4 Å². The number of benzene rings is 2. The van der Waals surface area contributed by atoms with Gasteiger partial charge in [-0.2, -0.15) is 5.10 Å². The normalized spacial score (nSPS) is 15.2. The van der Waals surface area contributed by atoms with Crippen molar-refractivity contribution in [2.75, 3.05) is 37.0 Å². The number of amides is 2. The van der Waals surface area contributed by atoms with Crippen molar-refractivity contribution in [2.24, 2.45) is 5.92 Å². The van der Waals surface area contributed by atoms with Gasteiger partial charge in [0.05, 0.1) is 31.2 Å². The van der Waals surface area contributed by atoms with Crippen molar-refractivity contribution in [3.8, 4) is 5.75 Å². The third-order valence-electron chi connectivity index (χ3n) is 6.49. The van der Waals surface area contributed by atoms with Crippen LogP contribution in [0.5, 0.6) is 5.75 Å². The highest BCUT2D eigenvalue weighted by Crippen LogP contribution is 2.27. The number of rotatable bonds is 10. The number of carbonyl (C=O) groups excluding carboxylic acids is 2. The molecule has 0 spiro atoms. The zero-order chi connectivity index (χ0) is 25.6. The average Bonchev–Trinajstić information content (AvgIpc) is 3.53. The summed E-state index contributed by atoms with van der Waals surface area (Å²) >= 11 is 0. The van der Waals surface area contributed by atoms with E-state index in [4.69, 9.17) is 4.74 Å². The molecule has 190 valence electrons. The Morgan fingerprint density at radius 1 is 1.08 bits per heavy atom. The number of hydrogen-bond donors (Lipinski definition) is 2. The van der Waals surface area contributed by atoms with Gasteiger partial charge in [0.2, 0.25) is 11.8 Å². The Bertz CT molecular complexity index is 1370. The van der Waals surface area contributed by atoms with Gasteiger partial charge in [0.25, 0.3) is 0 Å². The lowest BCUT2D eigenvalue weighted by atomic mass is 10.1. The first-order valence-corrected chi connectivity index (χ1v) is 12.3. The first-order chi connectivity index (χ1) is 18.1. The molecule has 4 aromatic rings. The summed E-state index contributed by atoms with van der Waals surface area (Å²) in [5, 5.41) is 11.6. The lowest BCUT2D eigenvalue weighted by Crippen LogP contribution is -2.35. The van der Waals surface area contributed by atoms with Gasteiger partial charge in [0.1, 0.15) is 17.9 Å². The molecule has 1 aliphatic heterocycles. The molecule has 0 aliphatic carbocycles. The summed E-state index contributed by atoms with van der Waals surface area (Å²) in [6.45, 7) is 1.93. The van der Waals surface area contributed by atoms with Crippen LogP contribution in [0.3, 0.4) is 0 Å². The van der Waals surface area contributed by atoms with Crippen molar-refractivity contribution in [1.82, 2.24) is 25.1 Å². The second-order valence-electron chi connectivity index (χ2n) is 8.88. The summed E-state index contributed by atoms with van der Waals surface area (Å²) in [6, 6.07) is 17.5. The molecule has 2 aromatic carbocycles. The number of carbonyl (C=O) groups is 2. The molecule has 1 atom stereocenters. The fourth-order valence-electron chi connectivity index (χ4n) is 4.49. The van der Waals surface area contributed by atoms with E-state index < -0.39 is 5.92 Å². The van der Waals surface area contributed by atoms with E-state index in [0.717, 1.165) is 35.6 Å². The highest BCUT2D eigenvalue weighted by Gasteiger charge is 2.35. The van der Waals surface area contributed by atoms with Crippen LogP contribution in [-0.2, 0) is 22.6 Å². The molecule has 10 heteroatoms. The molecule has 0 saturated carbocycles. The number of methoxy groups -OCH3 is 1. The molecule has 2 aromatic heterocycles. The van der Waals surface area contributed by atoms with Gasteiger partial charge in [-0.3, -0.25) is 9.59 Å². The molecular weight excluding hydrogens is 470 g/mol. The molecule has 1 saturated heterocycles. The fourth-order valence-corrected chi connectivity index (χ4v) is 4.49. The van der Waals surface area contributed by atoms with Gasteiger partial charge in [0, 0.05) is 31.7 Å². The van der Waals surface area contributed by atoms with Gasteiger partial charge in [-0.05, 0) is 36.2 Å². The smallest absolute Gasteiger partial charge is 0.227 e. The second-order valence-corrected chi connectivity index (χ2v) is 8.88. The maximum Gasteiger partial charge on any atom is 0.227 e. The monoisotopic (exact) mass is 499 g/mol. The summed E-state index contributed by atoms with van der Waals surface area (Å²) in [5.74, 6) is 0.855. The fraction of sp³-hybridized carbons (Fsp3) is 0.296. The predicted molar refractivity (Wildman–Crippen MR) is 140 cm³/mol. The molecule has 1 fully saturated rings. The molecule has 37 heavy (non-hydrogen) atoms. The predicted octanol–water partition coefficient (Wildman–Crippen LogP) is 2.66. The summed E-state index contributed by atoms with van der Waals surface area (Å²) in [7, 11) is 1.60. The van der Waals surface area contributed by atoms with Gasteiger partial charge in [0.15, 0.2) is 5.65 Å². The van der Waals surface area contributed by atoms with Crippen LogP contribution >= 0.6 is 0 Å². The molecule has 10 nitrogen and oxygen atoms in total. The van der Waals surface area contributed by atoms with E-state index in [-0.39, 0.29) is 18.2 Å². The number of ether oxygens (including phenoxy) is 1. The summed E-state index contributed by atoms with van der Waals surface area (Å²) in [5.41, 5.74) is 2.72. The van der Waals surface area contributed by atoms with Crippen molar-refractivity contribution < 1.29 is 14.3 Å². The third-order valence-corrected chi connectivity index (χ3v) is 6.49. The number of fused-ring (bicyclic) bond motifs is 1.